The summed E-state index contributed by atoms with van der Waals surface area (Å²) in [5, 5.41) is 0. The van der Waals surface area contributed by atoms with Crippen LogP contribution in [-0.2, 0) is 0 Å². The quantitative estimate of drug-likeness (QED) is 0.851. The Morgan fingerprint density at radius 1 is 1.21 bits per heavy atom. The predicted molar refractivity (Wildman–Crippen MR) is 61.5 cm³/mol. The Bertz CT molecular complexity index is 432. The van der Waals surface area contributed by atoms with Gasteiger partial charge in [0, 0.05) is 11.8 Å². The highest BCUT2D eigenvalue weighted by molar-refractivity contribution is 14.1. The number of nitrogens with one attached hydrogen (secondary N) is 1. The molecule has 0 amide bonds. The van der Waals surface area contributed by atoms with Gasteiger partial charge in [-0.3, -0.25) is 4.79 Å². The molecule has 0 aliphatic heterocycles. The van der Waals surface area contributed by atoms with Gasteiger partial charge in [0.1, 0.15) is 5.82 Å². The van der Waals surface area contributed by atoms with Crippen molar-refractivity contribution in [3.63, 3.8) is 0 Å². The summed E-state index contributed by atoms with van der Waals surface area (Å²) >= 11 is 2.11. The van der Waals surface area contributed by atoms with Gasteiger partial charge >= 0.3 is 0 Å². The zero-order valence-corrected chi connectivity index (χ0v) is 9.87. The number of nitrogens with zero attached hydrogens (tertiary/aromatic N) is 1. The summed E-state index contributed by atoms with van der Waals surface area (Å²) in [4.78, 5) is 19.1. The smallest absolute Gasteiger partial charge is 0.264 e. The van der Waals surface area contributed by atoms with Crippen LogP contribution in [0.1, 0.15) is 49.0 Å². The number of hydrogen-bond donors (Lipinski definition) is 1. The molecule has 1 aromatic heterocycles. The maximum absolute atomic E-state index is 11.6. The average Bonchev–Trinajstić information content (AvgIpc) is 3.04. The Labute approximate surface area is 95.5 Å². The van der Waals surface area contributed by atoms with Crippen LogP contribution in [0.4, 0.5) is 0 Å². The number of rotatable bonds is 2. The van der Waals surface area contributed by atoms with Crippen molar-refractivity contribution in [3.8, 4) is 0 Å². The number of aromatic amines is 1. The van der Waals surface area contributed by atoms with Crippen LogP contribution in [0, 0.1) is 3.57 Å². The molecule has 4 heteroatoms. The van der Waals surface area contributed by atoms with E-state index >= 15 is 0 Å². The molecule has 2 saturated carbocycles. The summed E-state index contributed by atoms with van der Waals surface area (Å²) in [5.41, 5.74) is 1.11. The van der Waals surface area contributed by atoms with Gasteiger partial charge in [-0.05, 0) is 48.3 Å². The van der Waals surface area contributed by atoms with E-state index in [9.17, 15) is 4.79 Å². The highest BCUT2D eigenvalue weighted by atomic mass is 127. The molecule has 0 bridgehead atoms. The van der Waals surface area contributed by atoms with Gasteiger partial charge in [-0.15, -0.1) is 0 Å². The van der Waals surface area contributed by atoms with Gasteiger partial charge in [0.15, 0.2) is 0 Å². The van der Waals surface area contributed by atoms with Crippen molar-refractivity contribution in [2.75, 3.05) is 0 Å². The van der Waals surface area contributed by atoms with E-state index in [1.54, 1.807) is 0 Å². The van der Waals surface area contributed by atoms with Crippen molar-refractivity contribution in [2.24, 2.45) is 0 Å². The lowest BCUT2D eigenvalue weighted by Crippen LogP contribution is -2.17. The molecule has 1 aromatic rings. The monoisotopic (exact) mass is 302 g/mol. The summed E-state index contributed by atoms with van der Waals surface area (Å²) < 4.78 is 0.800. The topological polar surface area (TPSA) is 45.8 Å². The highest BCUT2D eigenvalue weighted by Crippen LogP contribution is 2.42. The fourth-order valence-corrected chi connectivity index (χ4v) is 2.37. The van der Waals surface area contributed by atoms with E-state index in [1.807, 2.05) is 0 Å². The molecule has 0 atom stereocenters. The van der Waals surface area contributed by atoms with Gasteiger partial charge in [0.25, 0.3) is 5.56 Å². The molecule has 2 aliphatic rings. The lowest BCUT2D eigenvalue weighted by atomic mass is 10.2. The first kappa shape index (κ1) is 8.88. The van der Waals surface area contributed by atoms with Crippen LogP contribution in [0.2, 0.25) is 0 Å². The van der Waals surface area contributed by atoms with E-state index in [1.165, 1.54) is 25.7 Å². The normalized spacial score (nSPS) is 21.2. The van der Waals surface area contributed by atoms with Crippen molar-refractivity contribution in [2.45, 2.75) is 37.5 Å². The summed E-state index contributed by atoms with van der Waals surface area (Å²) in [5.74, 6) is 2.04. The molecular formula is C10H11IN2O. The zero-order chi connectivity index (χ0) is 9.71. The third kappa shape index (κ3) is 1.49. The van der Waals surface area contributed by atoms with Crippen molar-refractivity contribution in [1.82, 2.24) is 9.97 Å². The van der Waals surface area contributed by atoms with Crippen LogP contribution < -0.4 is 5.56 Å². The van der Waals surface area contributed by atoms with Crippen LogP contribution in [0.5, 0.6) is 0 Å². The Kier molecular flexibility index (Phi) is 1.93. The molecule has 2 aliphatic carbocycles. The van der Waals surface area contributed by atoms with Gasteiger partial charge in [0.05, 0.1) is 9.26 Å². The second kappa shape index (κ2) is 3.05. The van der Waals surface area contributed by atoms with E-state index in [0.717, 1.165) is 15.1 Å². The molecule has 0 radical (unpaired) electrons. The first-order valence-corrected chi connectivity index (χ1v) is 6.13. The second-order valence-corrected chi connectivity index (χ2v) is 5.28. The Morgan fingerprint density at radius 3 is 2.43 bits per heavy atom. The number of halogens is 1. The van der Waals surface area contributed by atoms with Crippen LogP contribution in [0.3, 0.4) is 0 Å². The molecule has 1 N–H and O–H groups in total. The predicted octanol–water partition coefficient (Wildman–Crippen LogP) is 2.13. The number of aromatic nitrogens is 2. The standard InChI is InChI=1S/C10H11IN2O/c11-7-8(5-1-2-5)12-9(6-3-4-6)13-10(7)14/h5-6H,1-4H2,(H,12,13,14). The van der Waals surface area contributed by atoms with Crippen LogP contribution >= 0.6 is 22.6 Å². The zero-order valence-electron chi connectivity index (χ0n) is 7.72. The Balaban J connectivity index is 2.11. The molecule has 0 aromatic carbocycles. The molecule has 3 rings (SSSR count). The molecule has 1 heterocycles. The van der Waals surface area contributed by atoms with Gasteiger partial charge in [-0.2, -0.15) is 0 Å². The maximum Gasteiger partial charge on any atom is 0.264 e. The van der Waals surface area contributed by atoms with Crippen molar-refractivity contribution < 1.29 is 0 Å². The highest BCUT2D eigenvalue weighted by Gasteiger charge is 2.32. The minimum absolute atomic E-state index is 0.0596. The van der Waals surface area contributed by atoms with E-state index in [0.29, 0.717) is 11.8 Å². The fourth-order valence-electron chi connectivity index (χ4n) is 1.67. The van der Waals surface area contributed by atoms with Crippen LogP contribution in [-0.4, -0.2) is 9.97 Å². The number of H-pyrrole nitrogens is 1. The fraction of sp³-hybridized carbons (Fsp3) is 0.600. The summed E-state index contributed by atoms with van der Waals surface area (Å²) in [6.45, 7) is 0. The summed E-state index contributed by atoms with van der Waals surface area (Å²) in [6.07, 6.45) is 4.79. The van der Waals surface area contributed by atoms with E-state index < -0.39 is 0 Å². The molecule has 0 saturated heterocycles. The van der Waals surface area contributed by atoms with Crippen molar-refractivity contribution in [3.05, 3.63) is 25.4 Å². The molecule has 0 spiro atoms. The lowest BCUT2D eigenvalue weighted by Gasteiger charge is -2.03. The van der Waals surface area contributed by atoms with Crippen molar-refractivity contribution in [1.29, 1.82) is 0 Å². The third-order valence-corrected chi connectivity index (χ3v) is 3.88. The van der Waals surface area contributed by atoms with Gasteiger partial charge < -0.3 is 4.98 Å². The van der Waals surface area contributed by atoms with Gasteiger partial charge in [-0.25, -0.2) is 4.98 Å². The van der Waals surface area contributed by atoms with Gasteiger partial charge in [0.2, 0.25) is 0 Å². The number of hydrogen-bond acceptors (Lipinski definition) is 2. The van der Waals surface area contributed by atoms with Crippen LogP contribution in [0.15, 0.2) is 4.79 Å². The SMILES string of the molecule is O=c1[nH]c(C2CC2)nc(C2CC2)c1I. The lowest BCUT2D eigenvalue weighted by molar-refractivity contribution is 0.846. The summed E-state index contributed by atoms with van der Waals surface area (Å²) in [6, 6.07) is 0. The van der Waals surface area contributed by atoms with Crippen LogP contribution in [0.25, 0.3) is 0 Å². The first-order valence-electron chi connectivity index (χ1n) is 5.05. The average molecular weight is 302 g/mol. The van der Waals surface area contributed by atoms with Crippen molar-refractivity contribution >= 4 is 22.6 Å². The maximum atomic E-state index is 11.6. The van der Waals surface area contributed by atoms with Gasteiger partial charge in [-0.1, -0.05) is 0 Å². The molecular weight excluding hydrogens is 291 g/mol. The van der Waals surface area contributed by atoms with E-state index in [-0.39, 0.29) is 5.56 Å². The minimum Gasteiger partial charge on any atom is -0.309 e. The second-order valence-electron chi connectivity index (χ2n) is 4.20. The van der Waals surface area contributed by atoms with E-state index in [2.05, 4.69) is 32.6 Å². The molecule has 3 nitrogen and oxygen atoms in total. The first-order chi connectivity index (χ1) is 6.75. The molecule has 0 unspecified atom stereocenters. The summed E-state index contributed by atoms with van der Waals surface area (Å²) in [7, 11) is 0. The molecule has 14 heavy (non-hydrogen) atoms. The third-order valence-electron chi connectivity index (χ3n) is 2.83. The molecule has 2 fully saturated rings. The Morgan fingerprint density at radius 2 is 1.86 bits per heavy atom. The Hall–Kier alpha value is -0.390. The molecule has 74 valence electrons. The van der Waals surface area contributed by atoms with E-state index in [4.69, 9.17) is 0 Å². The largest absolute Gasteiger partial charge is 0.309 e. The minimum atomic E-state index is 0.0596.